The Hall–Kier alpha value is -5.03. The summed E-state index contributed by atoms with van der Waals surface area (Å²) in [4.78, 5) is 22.2. The number of fused-ring (bicyclic) bond motifs is 4. The van der Waals surface area contributed by atoms with Gasteiger partial charge in [-0.3, -0.25) is 4.40 Å². The Morgan fingerprint density at radius 1 is 0.733 bits per heavy atom. The van der Waals surface area contributed by atoms with E-state index in [0.29, 0.717) is 28.0 Å². The van der Waals surface area contributed by atoms with Crippen molar-refractivity contribution in [3.05, 3.63) is 52.0 Å². The monoisotopic (exact) mass is 933 g/mol. The molecule has 0 aromatic carbocycles. The number of thioether (sulfide) groups is 1. The van der Waals surface area contributed by atoms with Gasteiger partial charge in [0.05, 0.1) is 40.2 Å². The molecule has 0 amide bonds. The first kappa shape index (κ1) is 41.7. The van der Waals surface area contributed by atoms with Gasteiger partial charge in [0.25, 0.3) is 0 Å². The third kappa shape index (κ3) is 7.20. The zero-order valence-corrected chi connectivity index (χ0v) is 32.9. The number of aryl methyl sites for hydroxylation is 2. The zero-order chi connectivity index (χ0) is 43.5. The summed E-state index contributed by atoms with van der Waals surface area (Å²) in [5.41, 5.74) is -3.47. The molecular weight excluding hydrogens is 915 g/mol. The summed E-state index contributed by atoms with van der Waals surface area (Å²) in [5, 5.41) is 1.28. The highest BCUT2D eigenvalue weighted by Crippen LogP contribution is 2.42. The third-order valence-electron chi connectivity index (χ3n) is 8.81. The molecule has 8 aromatic heterocycles. The Morgan fingerprint density at radius 2 is 1.33 bits per heavy atom. The van der Waals surface area contributed by atoms with Gasteiger partial charge in [-0.1, -0.05) is 29.6 Å². The molecule has 0 spiro atoms. The molecule has 60 heavy (non-hydrogen) atoms. The number of rotatable bonds is 9. The molecule has 8 rings (SSSR count). The summed E-state index contributed by atoms with van der Waals surface area (Å²) in [5.74, 6) is -1.01. The van der Waals surface area contributed by atoms with E-state index >= 15 is 0 Å². The molecule has 0 radical (unpaired) electrons. The van der Waals surface area contributed by atoms with Gasteiger partial charge >= 0.3 is 24.7 Å². The lowest BCUT2D eigenvalue weighted by atomic mass is 10.3. The lowest BCUT2D eigenvalue weighted by molar-refractivity contribution is -0.141. The van der Waals surface area contributed by atoms with Crippen LogP contribution in [0.15, 0.2) is 40.8 Å². The Bertz CT molecular complexity index is 3090. The van der Waals surface area contributed by atoms with E-state index < -0.39 is 77.2 Å². The standard InChI is InChI=1S/C31H19F12N11O2S4/c1-3-60(55,56)24-20(49-27-54(24)50-25(59-27)31(41,42)43)22-47-13-8-17(29(35,36)37)45-10-15(13)52(22)5-4-6-57-23-19(48-26-53(23)11-18(58-26)30(38,39)40)21-46-12-7-16(28(32,33)34)44-9-14(12)51(21)2/h7-11H,3-6H2,1-2H3. The Labute approximate surface area is 337 Å². The van der Waals surface area contributed by atoms with E-state index in [1.165, 1.54) is 23.1 Å². The summed E-state index contributed by atoms with van der Waals surface area (Å²) in [6.45, 7) is 1.00. The highest BCUT2D eigenvalue weighted by Gasteiger charge is 2.40. The van der Waals surface area contributed by atoms with Gasteiger partial charge in [0.1, 0.15) is 32.7 Å². The third-order valence-corrected chi connectivity index (χ3v) is 13.7. The van der Waals surface area contributed by atoms with E-state index in [2.05, 4.69) is 35.0 Å². The summed E-state index contributed by atoms with van der Waals surface area (Å²) in [6.07, 6.45) is -16.9. The zero-order valence-electron chi connectivity index (χ0n) is 29.6. The van der Waals surface area contributed by atoms with Crippen LogP contribution in [0, 0.1) is 0 Å². The number of aromatic nitrogens is 11. The largest absolute Gasteiger partial charge is 0.445 e. The highest BCUT2D eigenvalue weighted by atomic mass is 32.2. The van der Waals surface area contributed by atoms with Crippen LogP contribution in [0.5, 0.6) is 0 Å². The van der Waals surface area contributed by atoms with Crippen molar-refractivity contribution in [1.82, 2.24) is 53.1 Å². The minimum absolute atomic E-state index is 0.00287. The molecule has 0 unspecified atom stereocenters. The van der Waals surface area contributed by atoms with E-state index in [1.807, 2.05) is 0 Å². The Balaban J connectivity index is 1.20. The van der Waals surface area contributed by atoms with Gasteiger partial charge in [0, 0.05) is 25.5 Å². The molecule has 29 heteroatoms. The van der Waals surface area contributed by atoms with Gasteiger partial charge in [-0.2, -0.15) is 57.2 Å². The average Bonchev–Trinajstić information content (AvgIpc) is 3.98. The first-order valence-corrected chi connectivity index (χ1v) is 20.9. The molecule has 8 heterocycles. The normalized spacial score (nSPS) is 13.6. The number of nitrogens with zero attached hydrogens (tertiary/aromatic N) is 11. The predicted octanol–water partition coefficient (Wildman–Crippen LogP) is 8.91. The lowest BCUT2D eigenvalue weighted by Gasteiger charge is -2.10. The van der Waals surface area contributed by atoms with Crippen LogP contribution in [-0.2, 0) is 48.1 Å². The smallest absolute Gasteiger partial charge is 0.324 e. The predicted molar refractivity (Wildman–Crippen MR) is 191 cm³/mol. The van der Waals surface area contributed by atoms with Gasteiger partial charge < -0.3 is 9.13 Å². The van der Waals surface area contributed by atoms with Crippen molar-refractivity contribution in [1.29, 1.82) is 0 Å². The minimum atomic E-state index is -4.97. The molecule has 0 aliphatic rings. The molecule has 0 atom stereocenters. The van der Waals surface area contributed by atoms with Crippen molar-refractivity contribution in [2.24, 2.45) is 7.05 Å². The fraction of sp³-hybridized carbons (Fsp3) is 0.323. The van der Waals surface area contributed by atoms with E-state index in [1.54, 1.807) is 0 Å². The maximum Gasteiger partial charge on any atom is 0.445 e. The van der Waals surface area contributed by atoms with Crippen molar-refractivity contribution in [2.75, 3.05) is 11.5 Å². The molecular formula is C31H19F12N11O2S4. The van der Waals surface area contributed by atoms with Crippen molar-refractivity contribution in [3.8, 4) is 23.0 Å². The van der Waals surface area contributed by atoms with Gasteiger partial charge in [0.15, 0.2) is 31.5 Å². The van der Waals surface area contributed by atoms with Gasteiger partial charge in [-0.25, -0.2) is 38.3 Å². The molecule has 8 aromatic rings. The van der Waals surface area contributed by atoms with Crippen LogP contribution in [0.4, 0.5) is 52.7 Å². The highest BCUT2D eigenvalue weighted by molar-refractivity contribution is 7.99. The minimum Gasteiger partial charge on any atom is -0.324 e. The van der Waals surface area contributed by atoms with Crippen LogP contribution >= 0.6 is 34.4 Å². The molecule has 318 valence electrons. The number of halogens is 12. The van der Waals surface area contributed by atoms with Crippen LogP contribution in [0.1, 0.15) is 34.6 Å². The van der Waals surface area contributed by atoms with Gasteiger partial charge in [-0.05, 0) is 18.6 Å². The van der Waals surface area contributed by atoms with Gasteiger partial charge in [0.2, 0.25) is 9.97 Å². The molecule has 13 nitrogen and oxygen atoms in total. The maximum absolute atomic E-state index is 13.8. The van der Waals surface area contributed by atoms with E-state index in [0.717, 1.165) is 34.8 Å². The molecule has 0 bridgehead atoms. The first-order chi connectivity index (χ1) is 27.9. The van der Waals surface area contributed by atoms with Crippen LogP contribution in [-0.4, -0.2) is 73.0 Å². The molecule has 0 saturated heterocycles. The van der Waals surface area contributed by atoms with Crippen molar-refractivity contribution in [2.45, 2.75) is 54.6 Å². The van der Waals surface area contributed by atoms with Crippen molar-refractivity contribution < 1.29 is 61.1 Å². The second kappa shape index (κ2) is 14.0. The number of thiazole rings is 1. The fourth-order valence-corrected chi connectivity index (χ4v) is 9.93. The van der Waals surface area contributed by atoms with Crippen LogP contribution in [0.2, 0.25) is 0 Å². The van der Waals surface area contributed by atoms with E-state index in [-0.39, 0.29) is 79.5 Å². The summed E-state index contributed by atoms with van der Waals surface area (Å²) in [6, 6.07) is 1.29. The number of sulfone groups is 1. The number of alkyl halides is 12. The van der Waals surface area contributed by atoms with E-state index in [4.69, 9.17) is 0 Å². The molecule has 0 saturated carbocycles. The Kier molecular flexibility index (Phi) is 9.73. The van der Waals surface area contributed by atoms with Crippen LogP contribution in [0.3, 0.4) is 0 Å². The van der Waals surface area contributed by atoms with Crippen LogP contribution < -0.4 is 0 Å². The Morgan fingerprint density at radius 3 is 1.93 bits per heavy atom. The summed E-state index contributed by atoms with van der Waals surface area (Å²) >= 11 is 1.26. The second-order valence-electron chi connectivity index (χ2n) is 12.7. The summed E-state index contributed by atoms with van der Waals surface area (Å²) < 4.78 is 194. The molecule has 0 aliphatic carbocycles. The number of pyridine rings is 2. The molecule has 0 aliphatic heterocycles. The molecule has 0 N–H and O–H groups in total. The summed E-state index contributed by atoms with van der Waals surface area (Å²) in [7, 11) is -3.01. The maximum atomic E-state index is 13.8. The van der Waals surface area contributed by atoms with E-state index in [9.17, 15) is 61.1 Å². The van der Waals surface area contributed by atoms with Gasteiger partial charge in [-0.15, -0.1) is 16.9 Å². The number of hydrogen-bond donors (Lipinski definition) is 0. The van der Waals surface area contributed by atoms with Crippen LogP contribution in [0.25, 0.3) is 55.0 Å². The SMILES string of the molecule is CCS(=O)(=O)c1c(-c2nc3cc(C(F)(F)F)ncc3n2CCCSc2c(-c3nc4cc(C(F)(F)F)ncc4n3C)nc3sc(C(F)(F)F)cn23)nc2sc(C(F)(F)F)nn12. The van der Waals surface area contributed by atoms with Crippen molar-refractivity contribution >= 4 is 76.3 Å². The first-order valence-electron chi connectivity index (χ1n) is 16.6. The van der Waals surface area contributed by atoms with Crippen molar-refractivity contribution in [3.63, 3.8) is 0 Å². The second-order valence-corrected chi connectivity index (χ2v) is 17.9. The number of imidazole rings is 4. The number of hydrogen-bond acceptors (Lipinski definition) is 12. The molecule has 0 fully saturated rings. The lowest BCUT2D eigenvalue weighted by Crippen LogP contribution is -2.12. The quantitative estimate of drug-likeness (QED) is 0.0783. The topological polar surface area (TPSA) is 143 Å². The fourth-order valence-electron chi connectivity index (χ4n) is 6.08. The average molecular weight is 934 g/mol.